The molecule has 1 aliphatic heterocycles. The second kappa shape index (κ2) is 8.65. The normalized spacial score (nSPS) is 17.5. The maximum atomic E-state index is 13.3. The van der Waals surface area contributed by atoms with E-state index in [0.717, 1.165) is 56.4 Å². The second-order valence-electron chi connectivity index (χ2n) is 7.50. The Morgan fingerprint density at radius 1 is 1.14 bits per heavy atom. The molecule has 0 bridgehead atoms. The topological polar surface area (TPSA) is 54.3 Å². The Labute approximate surface area is 163 Å². The minimum atomic E-state index is -0.763. The third-order valence-corrected chi connectivity index (χ3v) is 5.18. The van der Waals surface area contributed by atoms with E-state index in [-0.39, 0.29) is 17.3 Å². The average molecular weight is 389 g/mol. The zero-order chi connectivity index (χ0) is 20.3. The molecule has 2 heterocycles. The molecule has 7 heteroatoms. The Kier molecular flexibility index (Phi) is 6.24. The highest BCUT2D eigenvalue weighted by Gasteiger charge is 2.22. The molecule has 5 nitrogen and oxygen atoms in total. The molecule has 2 aromatic rings. The van der Waals surface area contributed by atoms with E-state index in [9.17, 15) is 18.4 Å². The molecule has 1 atom stereocenters. The number of carbonyl (C=O) groups excluding carboxylic acids is 2. The number of piperidine rings is 1. The lowest BCUT2D eigenvalue weighted by Crippen LogP contribution is -2.40. The molecule has 1 unspecified atom stereocenters. The summed E-state index contributed by atoms with van der Waals surface area (Å²) in [6.45, 7) is 4.53. The van der Waals surface area contributed by atoms with Crippen LogP contribution < -0.4 is 5.32 Å². The highest BCUT2D eigenvalue weighted by atomic mass is 19.1. The Balaban J connectivity index is 1.55. The fraction of sp³-hybridized carbons (Fsp3) is 0.429. The number of amides is 1. The molecule has 0 aliphatic carbocycles. The van der Waals surface area contributed by atoms with Gasteiger partial charge in [0.2, 0.25) is 0 Å². The van der Waals surface area contributed by atoms with Crippen molar-refractivity contribution in [2.75, 3.05) is 19.6 Å². The number of aromatic nitrogens is 1. The molecule has 0 spiro atoms. The Bertz CT molecular complexity index is 858. The number of Topliss-reactive ketones (excluding diaryl/α,β-unsaturated/α-hetero) is 1. The largest absolute Gasteiger partial charge is 0.353 e. The first kappa shape index (κ1) is 20.2. The SMILES string of the molecule is CC(=O)c1cc(CN2CCCC(CNC(=O)c3cc(F)cc(F)c3)C2)n(C)c1. The number of hydrogen-bond donors (Lipinski definition) is 1. The second-order valence-corrected chi connectivity index (χ2v) is 7.50. The van der Waals surface area contributed by atoms with Crippen LogP contribution in [0.3, 0.4) is 0 Å². The molecule has 1 aromatic carbocycles. The number of rotatable bonds is 6. The first-order valence-electron chi connectivity index (χ1n) is 9.44. The standard InChI is InChI=1S/C21H25F2N3O2/c1-14(27)17-8-20(25(2)12-17)13-26-5-3-4-15(11-26)10-24-21(28)16-6-18(22)9-19(23)7-16/h6-9,12,15H,3-5,10-11,13H2,1-2H3,(H,24,28). The minimum absolute atomic E-state index is 0.00858. The van der Waals surface area contributed by atoms with E-state index in [1.165, 1.54) is 0 Å². The summed E-state index contributed by atoms with van der Waals surface area (Å²) in [6, 6.07) is 4.74. The molecule has 1 amide bonds. The van der Waals surface area contributed by atoms with Gasteiger partial charge < -0.3 is 9.88 Å². The summed E-state index contributed by atoms with van der Waals surface area (Å²) in [5.74, 6) is -1.68. The van der Waals surface area contributed by atoms with Gasteiger partial charge >= 0.3 is 0 Å². The van der Waals surface area contributed by atoms with Crippen molar-refractivity contribution >= 4 is 11.7 Å². The first-order valence-corrected chi connectivity index (χ1v) is 9.44. The number of carbonyl (C=O) groups is 2. The third kappa shape index (κ3) is 5.04. The minimum Gasteiger partial charge on any atom is -0.353 e. The molecule has 1 saturated heterocycles. The van der Waals surface area contributed by atoms with E-state index in [0.29, 0.717) is 12.1 Å². The lowest BCUT2D eigenvalue weighted by atomic mass is 9.97. The predicted molar refractivity (Wildman–Crippen MR) is 102 cm³/mol. The molecular weight excluding hydrogens is 364 g/mol. The van der Waals surface area contributed by atoms with Crippen molar-refractivity contribution in [1.82, 2.24) is 14.8 Å². The van der Waals surface area contributed by atoms with Crippen LogP contribution in [0.1, 0.15) is 46.2 Å². The van der Waals surface area contributed by atoms with Gasteiger partial charge in [-0.15, -0.1) is 0 Å². The Morgan fingerprint density at radius 3 is 2.50 bits per heavy atom. The summed E-state index contributed by atoms with van der Waals surface area (Å²) >= 11 is 0. The summed E-state index contributed by atoms with van der Waals surface area (Å²) < 4.78 is 28.5. The number of nitrogens with zero attached hydrogens (tertiary/aromatic N) is 2. The van der Waals surface area contributed by atoms with E-state index in [4.69, 9.17) is 0 Å². The molecule has 1 fully saturated rings. The summed E-state index contributed by atoms with van der Waals surface area (Å²) in [6.07, 6.45) is 3.84. The third-order valence-electron chi connectivity index (χ3n) is 5.18. The van der Waals surface area contributed by atoms with Gasteiger partial charge in [-0.2, -0.15) is 0 Å². The van der Waals surface area contributed by atoms with Gasteiger partial charge in [0.15, 0.2) is 5.78 Å². The quantitative estimate of drug-likeness (QED) is 0.773. The van der Waals surface area contributed by atoms with E-state index >= 15 is 0 Å². The van der Waals surface area contributed by atoms with Crippen molar-refractivity contribution in [2.45, 2.75) is 26.3 Å². The Hall–Kier alpha value is -2.54. The van der Waals surface area contributed by atoms with Gasteiger partial charge in [0, 0.05) is 55.8 Å². The van der Waals surface area contributed by atoms with Crippen LogP contribution in [0.4, 0.5) is 8.78 Å². The molecule has 1 aromatic heterocycles. The van der Waals surface area contributed by atoms with E-state index in [1.807, 2.05) is 23.9 Å². The van der Waals surface area contributed by atoms with Crippen molar-refractivity contribution < 1.29 is 18.4 Å². The summed E-state index contributed by atoms with van der Waals surface area (Å²) in [7, 11) is 1.93. The van der Waals surface area contributed by atoms with E-state index < -0.39 is 17.5 Å². The molecule has 28 heavy (non-hydrogen) atoms. The van der Waals surface area contributed by atoms with Crippen LogP contribution in [-0.4, -0.2) is 40.8 Å². The summed E-state index contributed by atoms with van der Waals surface area (Å²) in [5, 5.41) is 2.79. The van der Waals surface area contributed by atoms with Gasteiger partial charge in [-0.05, 0) is 50.4 Å². The molecule has 1 aliphatic rings. The first-order chi connectivity index (χ1) is 13.3. The lowest BCUT2D eigenvalue weighted by molar-refractivity contribution is 0.0928. The van der Waals surface area contributed by atoms with Crippen molar-refractivity contribution in [3.63, 3.8) is 0 Å². The average Bonchev–Trinajstić information content (AvgIpc) is 3.00. The summed E-state index contributed by atoms with van der Waals surface area (Å²) in [5.41, 5.74) is 1.77. The monoisotopic (exact) mass is 389 g/mol. The van der Waals surface area contributed by atoms with Crippen molar-refractivity contribution in [3.05, 3.63) is 58.9 Å². The lowest BCUT2D eigenvalue weighted by Gasteiger charge is -2.32. The van der Waals surface area contributed by atoms with Gasteiger partial charge in [-0.25, -0.2) is 8.78 Å². The summed E-state index contributed by atoms with van der Waals surface area (Å²) in [4.78, 5) is 26.0. The van der Waals surface area contributed by atoms with Crippen molar-refractivity contribution in [3.8, 4) is 0 Å². The molecule has 0 radical (unpaired) electrons. The molecular formula is C21H25F2N3O2. The molecule has 3 rings (SSSR count). The molecule has 0 saturated carbocycles. The van der Waals surface area contributed by atoms with Crippen molar-refractivity contribution in [2.24, 2.45) is 13.0 Å². The van der Waals surface area contributed by atoms with Crippen LogP contribution >= 0.6 is 0 Å². The Morgan fingerprint density at radius 2 is 1.86 bits per heavy atom. The van der Waals surface area contributed by atoms with Gasteiger partial charge in [0.25, 0.3) is 5.91 Å². The fourth-order valence-electron chi connectivity index (χ4n) is 3.67. The number of halogens is 2. The maximum Gasteiger partial charge on any atom is 0.251 e. The van der Waals surface area contributed by atoms with Crippen LogP contribution in [0, 0.1) is 17.6 Å². The highest BCUT2D eigenvalue weighted by Crippen LogP contribution is 2.19. The number of hydrogen-bond acceptors (Lipinski definition) is 3. The van der Waals surface area contributed by atoms with Crippen LogP contribution in [0.5, 0.6) is 0 Å². The van der Waals surface area contributed by atoms with Gasteiger partial charge in [-0.1, -0.05) is 0 Å². The van der Waals surface area contributed by atoms with Crippen LogP contribution in [0.15, 0.2) is 30.5 Å². The van der Waals surface area contributed by atoms with Crippen LogP contribution in [-0.2, 0) is 13.6 Å². The number of nitrogens with one attached hydrogen (secondary N) is 1. The van der Waals surface area contributed by atoms with E-state index in [2.05, 4.69) is 10.2 Å². The van der Waals surface area contributed by atoms with Crippen LogP contribution in [0.25, 0.3) is 0 Å². The maximum absolute atomic E-state index is 13.3. The van der Waals surface area contributed by atoms with Gasteiger partial charge in [0.1, 0.15) is 11.6 Å². The molecule has 1 N–H and O–H groups in total. The number of benzene rings is 1. The van der Waals surface area contributed by atoms with Crippen LogP contribution in [0.2, 0.25) is 0 Å². The zero-order valence-electron chi connectivity index (χ0n) is 16.2. The fourth-order valence-corrected chi connectivity index (χ4v) is 3.67. The highest BCUT2D eigenvalue weighted by molar-refractivity contribution is 5.94. The number of likely N-dealkylation sites (tertiary alicyclic amines) is 1. The smallest absolute Gasteiger partial charge is 0.251 e. The zero-order valence-corrected chi connectivity index (χ0v) is 16.2. The van der Waals surface area contributed by atoms with Crippen molar-refractivity contribution in [1.29, 1.82) is 0 Å². The van der Waals surface area contributed by atoms with Gasteiger partial charge in [-0.3, -0.25) is 14.5 Å². The number of aryl methyl sites for hydroxylation is 1. The predicted octanol–water partition coefficient (Wildman–Crippen LogP) is 3.15. The van der Waals surface area contributed by atoms with Gasteiger partial charge in [0.05, 0.1) is 0 Å². The number of ketones is 1. The molecule has 150 valence electrons. The van der Waals surface area contributed by atoms with E-state index in [1.54, 1.807) is 6.92 Å².